The lowest BCUT2D eigenvalue weighted by molar-refractivity contribution is -0.102. The van der Waals surface area contributed by atoms with Crippen molar-refractivity contribution in [2.75, 3.05) is 26.2 Å². The van der Waals surface area contributed by atoms with Crippen LogP contribution < -0.4 is 16.5 Å². The number of piperidine rings is 1. The summed E-state index contributed by atoms with van der Waals surface area (Å²) in [6.07, 6.45) is 6.76. The van der Waals surface area contributed by atoms with Crippen LogP contribution in [0.4, 0.5) is 0 Å². The molecule has 5 rings (SSSR count). The Bertz CT molecular complexity index is 928. The second-order valence-corrected chi connectivity index (χ2v) is 9.62. The van der Waals surface area contributed by atoms with E-state index in [1.54, 1.807) is 0 Å². The number of likely N-dealkylation sites (tertiary alicyclic amines) is 1. The van der Waals surface area contributed by atoms with Gasteiger partial charge in [-0.2, -0.15) is 5.10 Å². The third kappa shape index (κ3) is 5.11. The number of aromatic nitrogens is 2. The lowest BCUT2D eigenvalue weighted by Gasteiger charge is -2.48. The zero-order valence-corrected chi connectivity index (χ0v) is 19.7. The quantitative estimate of drug-likeness (QED) is 0.608. The second kappa shape index (κ2) is 9.89. The Balaban J connectivity index is 1.28. The maximum atomic E-state index is 6.42. The van der Waals surface area contributed by atoms with E-state index in [9.17, 15) is 0 Å². The molecule has 2 fully saturated rings. The van der Waals surface area contributed by atoms with Crippen molar-refractivity contribution in [2.45, 2.75) is 56.7 Å². The van der Waals surface area contributed by atoms with Crippen molar-refractivity contribution in [1.82, 2.24) is 30.3 Å². The molecule has 4 N–H and O–H groups in total. The summed E-state index contributed by atoms with van der Waals surface area (Å²) in [4.78, 5) is 4.98. The highest BCUT2D eigenvalue weighted by molar-refractivity contribution is 6.30. The molecule has 0 aliphatic carbocycles. The first kappa shape index (κ1) is 22.5. The Morgan fingerprint density at radius 2 is 2.03 bits per heavy atom. The molecule has 0 bridgehead atoms. The van der Waals surface area contributed by atoms with E-state index in [1.807, 2.05) is 35.3 Å². The first-order valence-electron chi connectivity index (χ1n) is 11.8. The number of rotatable bonds is 5. The van der Waals surface area contributed by atoms with Gasteiger partial charge >= 0.3 is 0 Å². The number of benzene rings is 1. The summed E-state index contributed by atoms with van der Waals surface area (Å²) >= 11 is 6.11. The topological polar surface area (TPSA) is 96.0 Å². The third-order valence-electron chi connectivity index (χ3n) is 7.05. The highest BCUT2D eigenvalue weighted by Gasteiger charge is 2.38. The van der Waals surface area contributed by atoms with Gasteiger partial charge < -0.3 is 15.0 Å². The van der Waals surface area contributed by atoms with Crippen LogP contribution in [-0.2, 0) is 11.2 Å². The Labute approximate surface area is 199 Å². The third-order valence-corrected chi connectivity index (χ3v) is 7.31. The van der Waals surface area contributed by atoms with Crippen molar-refractivity contribution in [3.05, 3.63) is 53.3 Å². The minimum absolute atomic E-state index is 0.104. The summed E-state index contributed by atoms with van der Waals surface area (Å²) in [6.45, 7) is 5.71. The molecule has 178 valence electrons. The van der Waals surface area contributed by atoms with Gasteiger partial charge in [0, 0.05) is 49.1 Å². The molecule has 0 radical (unpaired) electrons. The fourth-order valence-corrected chi connectivity index (χ4v) is 5.27. The smallest absolute Gasteiger partial charge is 0.219 e. The monoisotopic (exact) mass is 472 g/mol. The molecule has 0 amide bonds. The van der Waals surface area contributed by atoms with Gasteiger partial charge in [-0.15, -0.1) is 5.10 Å². The maximum absolute atomic E-state index is 6.42. The molecular weight excluding hydrogens is 440 g/mol. The number of nitrogens with one attached hydrogen (secondary N) is 2. The Kier molecular flexibility index (Phi) is 6.73. The van der Waals surface area contributed by atoms with Crippen molar-refractivity contribution in [3.63, 3.8) is 0 Å². The Morgan fingerprint density at radius 1 is 1.24 bits per heavy atom. The SMILES string of the molecule is CC(C1CN(C2CCN(C3=NNC(N)N3)CC2)C(Cc2ccc(Cl)cc2)CO1)n1cccn1. The fraction of sp³-hybridized carbons (Fsp3) is 0.565. The average molecular weight is 473 g/mol. The van der Waals surface area contributed by atoms with E-state index in [1.165, 1.54) is 5.56 Å². The van der Waals surface area contributed by atoms with Crippen molar-refractivity contribution >= 4 is 17.6 Å². The number of ether oxygens (including phenoxy) is 1. The zero-order chi connectivity index (χ0) is 22.8. The normalized spacial score (nSPS) is 27.7. The van der Waals surface area contributed by atoms with Crippen molar-refractivity contribution in [3.8, 4) is 0 Å². The predicted octanol–water partition coefficient (Wildman–Crippen LogP) is 1.58. The summed E-state index contributed by atoms with van der Waals surface area (Å²) in [6, 6.07) is 11.2. The molecule has 4 atom stereocenters. The molecule has 4 heterocycles. The van der Waals surface area contributed by atoms with Gasteiger partial charge in [0.1, 0.15) is 0 Å². The molecule has 9 nitrogen and oxygen atoms in total. The van der Waals surface area contributed by atoms with Gasteiger partial charge in [-0.05, 0) is 49.9 Å². The van der Waals surface area contributed by atoms with Crippen LogP contribution in [0.1, 0.15) is 31.4 Å². The van der Waals surface area contributed by atoms with Crippen LogP contribution in [0, 0.1) is 0 Å². The first-order chi connectivity index (χ1) is 16.1. The van der Waals surface area contributed by atoms with E-state index in [-0.39, 0.29) is 18.4 Å². The van der Waals surface area contributed by atoms with Crippen LogP contribution in [0.5, 0.6) is 0 Å². The molecule has 0 spiro atoms. The molecule has 4 unspecified atom stereocenters. The summed E-state index contributed by atoms with van der Waals surface area (Å²) < 4.78 is 8.42. The highest BCUT2D eigenvalue weighted by Crippen LogP contribution is 2.28. The summed E-state index contributed by atoms with van der Waals surface area (Å²) in [5.41, 5.74) is 10.0. The minimum Gasteiger partial charge on any atom is -0.373 e. The fourth-order valence-electron chi connectivity index (χ4n) is 5.15. The highest BCUT2D eigenvalue weighted by atomic mass is 35.5. The standard InChI is InChI=1S/C23H33ClN8O/c1-16(32-10-2-9-26-32)21-14-31(20(15-33-21)13-17-3-5-18(24)6-4-17)19-7-11-30(12-8-19)23-27-22(25)28-29-23/h2-6,9-10,16,19-22,28H,7-8,11-15,25H2,1H3,(H,27,29). The number of guanidine groups is 1. The van der Waals surface area contributed by atoms with Crippen LogP contribution >= 0.6 is 11.6 Å². The van der Waals surface area contributed by atoms with E-state index >= 15 is 0 Å². The molecule has 1 aromatic carbocycles. The molecule has 33 heavy (non-hydrogen) atoms. The van der Waals surface area contributed by atoms with E-state index in [4.69, 9.17) is 22.1 Å². The number of halogens is 1. The molecule has 1 aromatic heterocycles. The Hall–Kier alpha value is -2.33. The van der Waals surface area contributed by atoms with Crippen molar-refractivity contribution in [2.24, 2.45) is 10.8 Å². The molecule has 3 aliphatic rings. The molecule has 2 saturated heterocycles. The Morgan fingerprint density at radius 3 is 2.70 bits per heavy atom. The van der Waals surface area contributed by atoms with Gasteiger partial charge in [0.15, 0.2) is 6.29 Å². The predicted molar refractivity (Wildman–Crippen MR) is 129 cm³/mol. The molecular formula is C23H33ClN8O. The largest absolute Gasteiger partial charge is 0.373 e. The maximum Gasteiger partial charge on any atom is 0.219 e. The van der Waals surface area contributed by atoms with E-state index in [0.717, 1.165) is 49.9 Å². The summed E-state index contributed by atoms with van der Waals surface area (Å²) in [5, 5.41) is 12.7. The lowest BCUT2D eigenvalue weighted by atomic mass is 9.95. The van der Waals surface area contributed by atoms with Crippen molar-refractivity contribution in [1.29, 1.82) is 0 Å². The molecule has 0 saturated carbocycles. The van der Waals surface area contributed by atoms with Gasteiger partial charge in [0.25, 0.3) is 0 Å². The van der Waals surface area contributed by atoms with Gasteiger partial charge in [-0.1, -0.05) is 23.7 Å². The van der Waals surface area contributed by atoms with Crippen LogP contribution in [0.2, 0.25) is 5.02 Å². The van der Waals surface area contributed by atoms with Crippen LogP contribution in [0.15, 0.2) is 47.8 Å². The number of hydrogen-bond acceptors (Lipinski definition) is 8. The van der Waals surface area contributed by atoms with E-state index in [2.05, 4.69) is 49.8 Å². The second-order valence-electron chi connectivity index (χ2n) is 9.18. The number of morpholine rings is 1. The molecule has 2 aromatic rings. The van der Waals surface area contributed by atoms with E-state index < -0.39 is 0 Å². The van der Waals surface area contributed by atoms with Gasteiger partial charge in [-0.25, -0.2) is 0 Å². The zero-order valence-electron chi connectivity index (χ0n) is 19.0. The number of nitrogens with two attached hydrogens (primary N) is 1. The van der Waals surface area contributed by atoms with Crippen LogP contribution in [-0.4, -0.2) is 76.3 Å². The summed E-state index contributed by atoms with van der Waals surface area (Å²) in [5.74, 6) is 0.853. The molecule has 3 aliphatic heterocycles. The lowest BCUT2D eigenvalue weighted by Crippen LogP contribution is -2.59. The van der Waals surface area contributed by atoms with Crippen LogP contribution in [0.25, 0.3) is 0 Å². The minimum atomic E-state index is -0.301. The van der Waals surface area contributed by atoms with Crippen molar-refractivity contribution < 1.29 is 4.74 Å². The first-order valence-corrected chi connectivity index (χ1v) is 12.2. The molecule has 10 heteroatoms. The van der Waals surface area contributed by atoms with E-state index in [0.29, 0.717) is 18.7 Å². The summed E-state index contributed by atoms with van der Waals surface area (Å²) in [7, 11) is 0. The number of hydrogen-bond donors (Lipinski definition) is 3. The number of hydrazone groups is 1. The van der Waals surface area contributed by atoms with Gasteiger partial charge in [0.2, 0.25) is 5.96 Å². The average Bonchev–Trinajstić information content (AvgIpc) is 3.53. The van der Waals surface area contributed by atoms with Gasteiger partial charge in [-0.3, -0.25) is 20.7 Å². The van der Waals surface area contributed by atoms with Crippen LogP contribution in [0.3, 0.4) is 0 Å². The number of nitrogens with zero attached hydrogens (tertiary/aromatic N) is 5. The van der Waals surface area contributed by atoms with Gasteiger partial charge in [0.05, 0.1) is 18.8 Å².